The van der Waals surface area contributed by atoms with E-state index < -0.39 is 0 Å². The lowest BCUT2D eigenvalue weighted by molar-refractivity contribution is 0.0935. The average molecular weight is 418 g/mol. The fourth-order valence-corrected chi connectivity index (χ4v) is 3.20. The van der Waals surface area contributed by atoms with Gasteiger partial charge in [-0.2, -0.15) is 0 Å². The van der Waals surface area contributed by atoms with E-state index in [1.165, 1.54) is 6.26 Å². The minimum atomic E-state index is -0.355. The maximum absolute atomic E-state index is 12.7. The number of para-hydroxylation sites is 1. The van der Waals surface area contributed by atoms with Gasteiger partial charge in [0.05, 0.1) is 18.9 Å². The Hall–Kier alpha value is -4.00. The zero-order valence-corrected chi connectivity index (χ0v) is 17.2. The summed E-state index contributed by atoms with van der Waals surface area (Å²) in [5.74, 6) is 0.929. The molecule has 2 aromatic heterocycles. The number of carbonyl (C=O) groups is 2. The van der Waals surface area contributed by atoms with Crippen LogP contribution in [0.15, 0.2) is 75.8 Å². The van der Waals surface area contributed by atoms with Crippen LogP contribution in [0, 0.1) is 0 Å². The number of nitrogens with one attached hydrogen (secondary N) is 2. The number of anilines is 1. The monoisotopic (exact) mass is 418 g/mol. The Morgan fingerprint density at radius 3 is 2.55 bits per heavy atom. The molecule has 2 N–H and O–H groups in total. The number of amides is 2. The van der Waals surface area contributed by atoms with Gasteiger partial charge in [0.15, 0.2) is 17.1 Å². The van der Waals surface area contributed by atoms with Crippen LogP contribution in [-0.2, 0) is 0 Å². The fraction of sp³-hybridized carbons (Fsp3) is 0.167. The van der Waals surface area contributed by atoms with Crippen molar-refractivity contribution in [2.24, 2.45) is 0 Å². The smallest absolute Gasteiger partial charge is 0.291 e. The van der Waals surface area contributed by atoms with Gasteiger partial charge in [0.2, 0.25) is 0 Å². The Balaban J connectivity index is 1.42. The Bertz CT molecular complexity index is 1190. The molecule has 0 radical (unpaired) electrons. The van der Waals surface area contributed by atoms with Crippen molar-refractivity contribution in [3.63, 3.8) is 0 Å². The SMILES string of the molecule is CCOc1cccc2cc(C(C)NC(=O)c3ccc(NC(=O)c4ccco4)cc3)oc12. The highest BCUT2D eigenvalue weighted by Crippen LogP contribution is 2.31. The second-order valence-corrected chi connectivity index (χ2v) is 6.96. The standard InChI is InChI=1S/C24H22N2O5/c1-3-29-19-7-4-6-17-14-21(31-22(17)19)15(2)25-23(27)16-9-11-18(12-10-16)26-24(28)20-8-5-13-30-20/h4-15H,3H2,1-2H3,(H,25,27)(H,26,28). The van der Waals surface area contributed by atoms with Gasteiger partial charge in [-0.1, -0.05) is 12.1 Å². The minimum Gasteiger partial charge on any atom is -0.490 e. The van der Waals surface area contributed by atoms with Crippen molar-refractivity contribution in [2.45, 2.75) is 19.9 Å². The van der Waals surface area contributed by atoms with Gasteiger partial charge in [-0.3, -0.25) is 9.59 Å². The average Bonchev–Trinajstić information content (AvgIpc) is 3.45. The van der Waals surface area contributed by atoms with Crippen LogP contribution in [0.3, 0.4) is 0 Å². The summed E-state index contributed by atoms with van der Waals surface area (Å²) in [5.41, 5.74) is 1.69. The van der Waals surface area contributed by atoms with Crippen LogP contribution in [0.25, 0.3) is 11.0 Å². The van der Waals surface area contributed by atoms with Gasteiger partial charge in [-0.15, -0.1) is 0 Å². The molecule has 0 spiro atoms. The zero-order chi connectivity index (χ0) is 21.8. The molecule has 2 amide bonds. The molecule has 1 unspecified atom stereocenters. The second-order valence-electron chi connectivity index (χ2n) is 6.96. The summed E-state index contributed by atoms with van der Waals surface area (Å²) in [4.78, 5) is 24.7. The normalized spacial score (nSPS) is 11.8. The van der Waals surface area contributed by atoms with E-state index in [1.54, 1.807) is 36.4 Å². The highest BCUT2D eigenvalue weighted by Gasteiger charge is 2.17. The fourth-order valence-electron chi connectivity index (χ4n) is 3.20. The largest absolute Gasteiger partial charge is 0.490 e. The molecule has 1 atom stereocenters. The van der Waals surface area contributed by atoms with Gasteiger partial charge in [0.25, 0.3) is 11.8 Å². The molecule has 0 aliphatic heterocycles. The van der Waals surface area contributed by atoms with Crippen molar-refractivity contribution in [3.8, 4) is 5.75 Å². The molecule has 4 rings (SSSR count). The van der Waals surface area contributed by atoms with Crippen LogP contribution in [0.4, 0.5) is 5.69 Å². The first-order valence-corrected chi connectivity index (χ1v) is 9.96. The first-order chi connectivity index (χ1) is 15.0. The molecule has 0 aliphatic carbocycles. The van der Waals surface area contributed by atoms with Crippen molar-refractivity contribution < 1.29 is 23.2 Å². The van der Waals surface area contributed by atoms with Crippen molar-refractivity contribution >= 4 is 28.5 Å². The van der Waals surface area contributed by atoms with E-state index in [4.69, 9.17) is 13.6 Å². The third-order valence-electron chi connectivity index (χ3n) is 4.75. The first kappa shape index (κ1) is 20.3. The van der Waals surface area contributed by atoms with Gasteiger partial charge < -0.3 is 24.2 Å². The summed E-state index contributed by atoms with van der Waals surface area (Å²) >= 11 is 0. The molecule has 4 aromatic rings. The number of benzene rings is 2. The van der Waals surface area contributed by atoms with Crippen LogP contribution in [-0.4, -0.2) is 18.4 Å². The van der Waals surface area contributed by atoms with Gasteiger partial charge in [-0.05, 0) is 62.4 Å². The van der Waals surface area contributed by atoms with Gasteiger partial charge in [0.1, 0.15) is 5.76 Å². The summed E-state index contributed by atoms with van der Waals surface area (Å²) < 4.78 is 16.6. The number of rotatable bonds is 7. The number of ether oxygens (including phenoxy) is 1. The molecule has 31 heavy (non-hydrogen) atoms. The van der Waals surface area contributed by atoms with Gasteiger partial charge in [-0.25, -0.2) is 0 Å². The predicted molar refractivity (Wildman–Crippen MR) is 116 cm³/mol. The van der Waals surface area contributed by atoms with Crippen molar-refractivity contribution in [3.05, 3.63) is 84.0 Å². The predicted octanol–water partition coefficient (Wildman–Crippen LogP) is 5.17. The lowest BCUT2D eigenvalue weighted by atomic mass is 10.1. The summed E-state index contributed by atoms with van der Waals surface area (Å²) in [5, 5.41) is 6.56. The number of hydrogen-bond donors (Lipinski definition) is 2. The maximum atomic E-state index is 12.7. The topological polar surface area (TPSA) is 93.7 Å². The quantitative estimate of drug-likeness (QED) is 0.432. The highest BCUT2D eigenvalue weighted by atomic mass is 16.5. The summed E-state index contributed by atoms with van der Waals surface area (Å²) in [6.45, 7) is 4.31. The molecule has 0 saturated carbocycles. The number of hydrogen-bond acceptors (Lipinski definition) is 5. The molecule has 2 heterocycles. The lowest BCUT2D eigenvalue weighted by Crippen LogP contribution is -2.26. The van der Waals surface area contributed by atoms with Crippen LogP contribution >= 0.6 is 0 Å². The van der Waals surface area contributed by atoms with Gasteiger partial charge >= 0.3 is 0 Å². The van der Waals surface area contributed by atoms with E-state index in [-0.39, 0.29) is 23.6 Å². The molecule has 7 nitrogen and oxygen atoms in total. The molecular formula is C24H22N2O5. The van der Waals surface area contributed by atoms with E-state index >= 15 is 0 Å². The molecule has 0 aliphatic rings. The number of carbonyl (C=O) groups excluding carboxylic acids is 2. The third-order valence-corrected chi connectivity index (χ3v) is 4.75. The lowest BCUT2D eigenvalue weighted by Gasteiger charge is -2.12. The van der Waals surface area contributed by atoms with Crippen LogP contribution < -0.4 is 15.4 Å². The Labute approximate surface area is 179 Å². The molecule has 0 fully saturated rings. The number of furan rings is 2. The molecule has 0 bridgehead atoms. The second kappa shape index (κ2) is 8.79. The van der Waals surface area contributed by atoms with Gasteiger partial charge in [0, 0.05) is 16.6 Å². The Kier molecular flexibility index (Phi) is 5.75. The van der Waals surface area contributed by atoms with Crippen LogP contribution in [0.2, 0.25) is 0 Å². The Morgan fingerprint density at radius 2 is 1.84 bits per heavy atom. The molecule has 2 aromatic carbocycles. The molecule has 0 saturated heterocycles. The van der Waals surface area contributed by atoms with Crippen molar-refractivity contribution in [1.82, 2.24) is 5.32 Å². The van der Waals surface area contributed by atoms with E-state index in [0.717, 1.165) is 5.39 Å². The van der Waals surface area contributed by atoms with E-state index in [1.807, 2.05) is 38.1 Å². The highest BCUT2D eigenvalue weighted by molar-refractivity contribution is 6.02. The summed E-state index contributed by atoms with van der Waals surface area (Å²) in [6.07, 6.45) is 1.43. The van der Waals surface area contributed by atoms with Crippen molar-refractivity contribution in [2.75, 3.05) is 11.9 Å². The molecule has 7 heteroatoms. The third kappa shape index (κ3) is 4.45. The first-order valence-electron chi connectivity index (χ1n) is 9.96. The summed E-state index contributed by atoms with van der Waals surface area (Å²) in [6, 6.07) is 17.1. The van der Waals surface area contributed by atoms with Crippen molar-refractivity contribution in [1.29, 1.82) is 0 Å². The number of fused-ring (bicyclic) bond motifs is 1. The minimum absolute atomic E-state index is 0.217. The summed E-state index contributed by atoms with van der Waals surface area (Å²) in [7, 11) is 0. The maximum Gasteiger partial charge on any atom is 0.291 e. The molecule has 158 valence electrons. The van der Waals surface area contributed by atoms with Crippen LogP contribution in [0.1, 0.15) is 46.6 Å². The molecular weight excluding hydrogens is 396 g/mol. The Morgan fingerprint density at radius 1 is 1.03 bits per heavy atom. The van der Waals surface area contributed by atoms with E-state index in [2.05, 4.69) is 10.6 Å². The zero-order valence-electron chi connectivity index (χ0n) is 17.2. The van der Waals surface area contributed by atoms with Crippen LogP contribution in [0.5, 0.6) is 5.75 Å². The van der Waals surface area contributed by atoms with E-state index in [0.29, 0.717) is 35.0 Å². The van der Waals surface area contributed by atoms with E-state index in [9.17, 15) is 9.59 Å².